The molecule has 1 aromatic rings. The molecule has 0 aromatic heterocycles. The molecule has 114 valence electrons. The number of nitrogens with one attached hydrogen (secondary N) is 1. The standard InChI is InChI=1S/C15H19FN2O3/c1-10-6-12(16)8-13(7-10)17-15(21)18-5-4-11(9-18)2-3-14(19)20/h6-8,11H,2-5,9H2,1H3,(H,17,21)(H,19,20). The Bertz CT molecular complexity index is 527. The van der Waals surface area contributed by atoms with E-state index >= 15 is 0 Å². The van der Waals surface area contributed by atoms with E-state index in [4.69, 9.17) is 5.11 Å². The summed E-state index contributed by atoms with van der Waals surface area (Å²) in [5.74, 6) is -0.972. The van der Waals surface area contributed by atoms with Gasteiger partial charge in [0.25, 0.3) is 0 Å². The van der Waals surface area contributed by atoms with Gasteiger partial charge in [-0.25, -0.2) is 9.18 Å². The Kier molecular flexibility index (Phi) is 4.77. The molecule has 6 heteroatoms. The third-order valence-corrected chi connectivity index (χ3v) is 3.63. The molecular weight excluding hydrogens is 275 g/mol. The molecule has 1 unspecified atom stereocenters. The van der Waals surface area contributed by atoms with Crippen molar-refractivity contribution in [3.8, 4) is 0 Å². The van der Waals surface area contributed by atoms with E-state index in [0.717, 1.165) is 12.0 Å². The molecule has 0 radical (unpaired) electrons. The summed E-state index contributed by atoms with van der Waals surface area (Å²) in [6, 6.07) is 4.12. The van der Waals surface area contributed by atoms with Gasteiger partial charge in [-0.2, -0.15) is 0 Å². The maximum Gasteiger partial charge on any atom is 0.321 e. The molecule has 1 fully saturated rings. The van der Waals surface area contributed by atoms with E-state index in [-0.39, 0.29) is 24.2 Å². The van der Waals surface area contributed by atoms with Gasteiger partial charge in [0, 0.05) is 25.2 Å². The Morgan fingerprint density at radius 3 is 2.86 bits per heavy atom. The Morgan fingerprint density at radius 2 is 2.19 bits per heavy atom. The van der Waals surface area contributed by atoms with Crippen LogP contribution in [0.2, 0.25) is 0 Å². The quantitative estimate of drug-likeness (QED) is 0.897. The molecular formula is C15H19FN2O3. The number of carbonyl (C=O) groups excluding carboxylic acids is 1. The number of carbonyl (C=O) groups is 2. The minimum absolute atomic E-state index is 0.128. The average molecular weight is 294 g/mol. The van der Waals surface area contributed by atoms with Crippen LogP contribution in [0.4, 0.5) is 14.9 Å². The van der Waals surface area contributed by atoms with Crippen molar-refractivity contribution in [1.82, 2.24) is 4.90 Å². The zero-order valence-electron chi connectivity index (χ0n) is 11.9. The first-order valence-electron chi connectivity index (χ1n) is 6.99. The highest BCUT2D eigenvalue weighted by molar-refractivity contribution is 5.89. The molecule has 2 rings (SSSR count). The summed E-state index contributed by atoms with van der Waals surface area (Å²) in [5, 5.41) is 11.3. The van der Waals surface area contributed by atoms with Crippen molar-refractivity contribution in [2.75, 3.05) is 18.4 Å². The number of benzene rings is 1. The average Bonchev–Trinajstić information content (AvgIpc) is 2.83. The van der Waals surface area contributed by atoms with Gasteiger partial charge in [-0.15, -0.1) is 0 Å². The lowest BCUT2D eigenvalue weighted by atomic mass is 10.0. The van der Waals surface area contributed by atoms with Crippen LogP contribution in [-0.4, -0.2) is 35.1 Å². The Labute approximate surface area is 122 Å². The number of nitrogens with zero attached hydrogens (tertiary/aromatic N) is 1. The predicted octanol–water partition coefficient (Wildman–Crippen LogP) is 2.85. The summed E-state index contributed by atoms with van der Waals surface area (Å²) in [7, 11) is 0. The molecule has 1 atom stereocenters. The number of hydrogen-bond donors (Lipinski definition) is 2. The molecule has 2 N–H and O–H groups in total. The maximum atomic E-state index is 13.3. The molecule has 1 aliphatic rings. The molecule has 0 bridgehead atoms. The topological polar surface area (TPSA) is 69.6 Å². The normalized spacial score (nSPS) is 17.8. The molecule has 0 aliphatic carbocycles. The van der Waals surface area contributed by atoms with Gasteiger partial charge in [-0.3, -0.25) is 4.79 Å². The zero-order chi connectivity index (χ0) is 15.4. The summed E-state index contributed by atoms with van der Waals surface area (Å²) in [4.78, 5) is 24.3. The van der Waals surface area contributed by atoms with Gasteiger partial charge in [-0.1, -0.05) is 0 Å². The van der Waals surface area contributed by atoms with Crippen LogP contribution in [0, 0.1) is 18.7 Å². The maximum absolute atomic E-state index is 13.3. The molecule has 0 spiro atoms. The third kappa shape index (κ3) is 4.44. The number of likely N-dealkylation sites (tertiary alicyclic amines) is 1. The van der Waals surface area contributed by atoms with Crippen LogP contribution in [0.5, 0.6) is 0 Å². The molecule has 21 heavy (non-hydrogen) atoms. The highest BCUT2D eigenvalue weighted by Gasteiger charge is 2.26. The van der Waals surface area contributed by atoms with E-state index in [1.165, 1.54) is 12.1 Å². The molecule has 1 aromatic carbocycles. The minimum atomic E-state index is -0.812. The van der Waals surface area contributed by atoms with Crippen molar-refractivity contribution in [3.63, 3.8) is 0 Å². The smallest absolute Gasteiger partial charge is 0.321 e. The number of hydrogen-bond acceptors (Lipinski definition) is 2. The third-order valence-electron chi connectivity index (χ3n) is 3.63. The fourth-order valence-electron chi connectivity index (χ4n) is 2.59. The summed E-state index contributed by atoms with van der Waals surface area (Å²) >= 11 is 0. The predicted molar refractivity (Wildman–Crippen MR) is 76.7 cm³/mol. The Balaban J connectivity index is 1.88. The number of anilines is 1. The van der Waals surface area contributed by atoms with E-state index in [1.807, 2.05) is 0 Å². The lowest BCUT2D eigenvalue weighted by Gasteiger charge is -2.17. The van der Waals surface area contributed by atoms with Gasteiger partial charge in [0.05, 0.1) is 0 Å². The van der Waals surface area contributed by atoms with Crippen LogP contribution < -0.4 is 5.32 Å². The van der Waals surface area contributed by atoms with Gasteiger partial charge in [-0.05, 0) is 49.4 Å². The summed E-state index contributed by atoms with van der Waals surface area (Å²) in [6.45, 7) is 2.91. The first-order valence-corrected chi connectivity index (χ1v) is 6.99. The second-order valence-corrected chi connectivity index (χ2v) is 5.48. The van der Waals surface area contributed by atoms with Crippen molar-refractivity contribution in [2.45, 2.75) is 26.2 Å². The first-order chi connectivity index (χ1) is 9.94. The number of carboxylic acids is 1. The van der Waals surface area contributed by atoms with Crippen molar-refractivity contribution < 1.29 is 19.1 Å². The van der Waals surface area contributed by atoms with Crippen LogP contribution in [-0.2, 0) is 4.79 Å². The molecule has 5 nitrogen and oxygen atoms in total. The number of aliphatic carboxylic acids is 1. The van der Waals surface area contributed by atoms with E-state index in [0.29, 0.717) is 25.2 Å². The van der Waals surface area contributed by atoms with Gasteiger partial charge in [0.15, 0.2) is 0 Å². The number of rotatable bonds is 4. The Morgan fingerprint density at radius 1 is 1.43 bits per heavy atom. The number of carboxylic acid groups (broad SMARTS) is 1. The summed E-state index contributed by atoms with van der Waals surface area (Å²) < 4.78 is 13.3. The van der Waals surface area contributed by atoms with Crippen LogP contribution >= 0.6 is 0 Å². The van der Waals surface area contributed by atoms with Crippen LogP contribution in [0.25, 0.3) is 0 Å². The fraction of sp³-hybridized carbons (Fsp3) is 0.467. The van der Waals surface area contributed by atoms with Crippen LogP contribution in [0.15, 0.2) is 18.2 Å². The minimum Gasteiger partial charge on any atom is -0.481 e. The van der Waals surface area contributed by atoms with Gasteiger partial charge >= 0.3 is 12.0 Å². The molecule has 1 saturated heterocycles. The lowest BCUT2D eigenvalue weighted by Crippen LogP contribution is -2.33. The number of urea groups is 1. The van der Waals surface area contributed by atoms with Gasteiger partial charge in [0.1, 0.15) is 5.82 Å². The Hall–Kier alpha value is -2.11. The van der Waals surface area contributed by atoms with Crippen molar-refractivity contribution in [1.29, 1.82) is 0 Å². The number of amides is 2. The van der Waals surface area contributed by atoms with Crippen molar-refractivity contribution >= 4 is 17.7 Å². The second-order valence-electron chi connectivity index (χ2n) is 5.48. The van der Waals surface area contributed by atoms with Gasteiger partial charge < -0.3 is 15.3 Å². The number of halogens is 1. The largest absolute Gasteiger partial charge is 0.481 e. The summed E-state index contributed by atoms with van der Waals surface area (Å²) in [6.07, 6.45) is 1.52. The molecule has 1 heterocycles. The second kappa shape index (κ2) is 6.56. The first kappa shape index (κ1) is 15.3. The van der Waals surface area contributed by atoms with E-state index in [9.17, 15) is 14.0 Å². The lowest BCUT2D eigenvalue weighted by molar-refractivity contribution is -0.137. The van der Waals surface area contributed by atoms with E-state index in [1.54, 1.807) is 17.9 Å². The monoisotopic (exact) mass is 294 g/mol. The van der Waals surface area contributed by atoms with Crippen LogP contribution in [0.1, 0.15) is 24.8 Å². The van der Waals surface area contributed by atoms with Gasteiger partial charge in [0.2, 0.25) is 0 Å². The zero-order valence-corrected chi connectivity index (χ0v) is 11.9. The van der Waals surface area contributed by atoms with Crippen molar-refractivity contribution in [2.24, 2.45) is 5.92 Å². The molecule has 0 saturated carbocycles. The molecule has 1 aliphatic heterocycles. The SMILES string of the molecule is Cc1cc(F)cc(NC(=O)N2CCC(CCC(=O)O)C2)c1. The molecule has 2 amide bonds. The van der Waals surface area contributed by atoms with Crippen molar-refractivity contribution in [3.05, 3.63) is 29.6 Å². The van der Waals surface area contributed by atoms with E-state index in [2.05, 4.69) is 5.32 Å². The summed E-state index contributed by atoms with van der Waals surface area (Å²) in [5.41, 5.74) is 1.18. The number of aryl methyl sites for hydroxylation is 1. The van der Waals surface area contributed by atoms with Crippen LogP contribution in [0.3, 0.4) is 0 Å². The fourth-order valence-corrected chi connectivity index (χ4v) is 2.59. The van der Waals surface area contributed by atoms with E-state index < -0.39 is 5.97 Å². The highest BCUT2D eigenvalue weighted by Crippen LogP contribution is 2.22. The highest BCUT2D eigenvalue weighted by atomic mass is 19.1.